The Morgan fingerprint density at radius 1 is 1.12 bits per heavy atom. The lowest BCUT2D eigenvalue weighted by molar-refractivity contribution is 0.397. The molecule has 0 saturated heterocycles. The van der Waals surface area contributed by atoms with Crippen molar-refractivity contribution in [2.24, 2.45) is 0 Å². The summed E-state index contributed by atoms with van der Waals surface area (Å²) in [5.74, 6) is 1.70. The monoisotopic (exact) mass is 347 g/mol. The number of hydrogen-bond donors (Lipinski definition) is 1. The van der Waals surface area contributed by atoms with Crippen molar-refractivity contribution in [3.63, 3.8) is 0 Å². The maximum Gasteiger partial charge on any atom is 0.136 e. The molecule has 2 aromatic heterocycles. The van der Waals surface area contributed by atoms with Crippen molar-refractivity contribution < 1.29 is 9.47 Å². The number of rotatable bonds is 7. The zero-order chi connectivity index (χ0) is 16.1. The van der Waals surface area contributed by atoms with Crippen molar-refractivity contribution >= 4 is 18.1 Å². The maximum atomic E-state index is 5.39. The maximum absolute atomic E-state index is 5.39. The number of fused-ring (bicyclic) bond motifs is 1. The van der Waals surface area contributed by atoms with Crippen LogP contribution in [0.4, 0.5) is 0 Å². The van der Waals surface area contributed by atoms with Crippen molar-refractivity contribution in [1.82, 2.24) is 14.7 Å². The summed E-state index contributed by atoms with van der Waals surface area (Å²) in [6, 6.07) is 11.8. The third kappa shape index (κ3) is 4.19. The largest absolute Gasteiger partial charge is 0.497 e. The van der Waals surface area contributed by atoms with Crippen molar-refractivity contribution in [3.8, 4) is 11.5 Å². The fraction of sp³-hybridized carbons (Fsp3) is 0.278. The molecule has 1 aromatic carbocycles. The van der Waals surface area contributed by atoms with E-state index in [-0.39, 0.29) is 12.4 Å². The molecule has 0 aliphatic carbocycles. The molecule has 0 bridgehead atoms. The van der Waals surface area contributed by atoms with Gasteiger partial charge in [0.2, 0.25) is 0 Å². The van der Waals surface area contributed by atoms with Crippen LogP contribution in [0.2, 0.25) is 0 Å². The van der Waals surface area contributed by atoms with Crippen LogP contribution < -0.4 is 14.8 Å². The van der Waals surface area contributed by atoms with Gasteiger partial charge < -0.3 is 19.2 Å². The van der Waals surface area contributed by atoms with Crippen molar-refractivity contribution in [3.05, 3.63) is 60.0 Å². The summed E-state index contributed by atoms with van der Waals surface area (Å²) in [6.45, 7) is 1.58. The number of nitrogens with one attached hydrogen (secondary N) is 1. The second-order valence-electron chi connectivity index (χ2n) is 5.30. The van der Waals surface area contributed by atoms with E-state index in [9.17, 15) is 0 Å². The molecular formula is C18H22ClN3O2. The summed E-state index contributed by atoms with van der Waals surface area (Å²) in [6.07, 6.45) is 4.97. The minimum Gasteiger partial charge on any atom is -0.497 e. The molecule has 3 rings (SSSR count). The van der Waals surface area contributed by atoms with Gasteiger partial charge in [-0.3, -0.25) is 0 Å². The van der Waals surface area contributed by atoms with Crippen LogP contribution in [0.25, 0.3) is 5.65 Å². The fourth-order valence-electron chi connectivity index (χ4n) is 2.57. The minimum atomic E-state index is 0. The zero-order valence-electron chi connectivity index (χ0n) is 13.9. The first-order valence-electron chi connectivity index (χ1n) is 7.64. The Labute approximate surface area is 148 Å². The lowest BCUT2D eigenvalue weighted by Crippen LogP contribution is -2.17. The van der Waals surface area contributed by atoms with Gasteiger partial charge >= 0.3 is 0 Å². The van der Waals surface area contributed by atoms with Crippen LogP contribution in [-0.4, -0.2) is 30.1 Å². The standard InChI is InChI=1S/C18H21N3O2.ClH/c1-22-16-6-7-17(23-2)14(11-16)12-19-9-8-15-13-21-10-4-3-5-18(21)20-15;/h3-7,10-11,13,19H,8-9,12H2,1-2H3;1H. The van der Waals surface area contributed by atoms with Crippen molar-refractivity contribution in [2.45, 2.75) is 13.0 Å². The average Bonchev–Trinajstić information content (AvgIpc) is 3.01. The molecule has 0 atom stereocenters. The van der Waals surface area contributed by atoms with Crippen molar-refractivity contribution in [2.75, 3.05) is 20.8 Å². The Kier molecular flexibility index (Phi) is 6.46. The summed E-state index contributed by atoms with van der Waals surface area (Å²) in [5.41, 5.74) is 3.15. The number of halogens is 1. The molecule has 0 aliphatic heterocycles. The molecule has 0 aliphatic rings. The highest BCUT2D eigenvalue weighted by atomic mass is 35.5. The number of nitrogens with zero attached hydrogens (tertiary/aromatic N) is 2. The molecule has 3 aromatic rings. The molecule has 128 valence electrons. The molecule has 0 amide bonds. The molecule has 5 nitrogen and oxygen atoms in total. The number of ether oxygens (including phenoxy) is 2. The molecule has 24 heavy (non-hydrogen) atoms. The van der Waals surface area contributed by atoms with Crippen LogP contribution in [-0.2, 0) is 13.0 Å². The van der Waals surface area contributed by atoms with Gasteiger partial charge in [0.25, 0.3) is 0 Å². The molecule has 2 heterocycles. The fourth-order valence-corrected chi connectivity index (χ4v) is 2.57. The SMILES string of the molecule is COc1ccc(OC)c(CNCCc2cn3ccccc3n2)c1.Cl. The van der Waals surface area contributed by atoms with E-state index in [0.717, 1.165) is 47.9 Å². The highest BCUT2D eigenvalue weighted by Gasteiger charge is 2.05. The smallest absolute Gasteiger partial charge is 0.136 e. The highest BCUT2D eigenvalue weighted by molar-refractivity contribution is 5.85. The van der Waals surface area contributed by atoms with Gasteiger partial charge in [-0.25, -0.2) is 4.98 Å². The van der Waals surface area contributed by atoms with Crippen LogP contribution in [0, 0.1) is 0 Å². The molecular weight excluding hydrogens is 326 g/mol. The van der Waals surface area contributed by atoms with E-state index in [1.54, 1.807) is 14.2 Å². The number of benzene rings is 1. The number of hydrogen-bond acceptors (Lipinski definition) is 4. The molecule has 0 radical (unpaired) electrons. The van der Waals surface area contributed by atoms with Gasteiger partial charge in [-0.1, -0.05) is 6.07 Å². The van der Waals surface area contributed by atoms with E-state index in [1.165, 1.54) is 0 Å². The number of pyridine rings is 1. The van der Waals surface area contributed by atoms with Gasteiger partial charge in [0.15, 0.2) is 0 Å². The van der Waals surface area contributed by atoms with Gasteiger partial charge in [0.05, 0.1) is 19.9 Å². The predicted octanol–water partition coefficient (Wildman–Crippen LogP) is 3.11. The van der Waals surface area contributed by atoms with E-state index < -0.39 is 0 Å². The number of methoxy groups -OCH3 is 2. The Morgan fingerprint density at radius 2 is 2.00 bits per heavy atom. The Bertz CT molecular complexity index is 756. The molecule has 1 N–H and O–H groups in total. The van der Waals surface area contributed by atoms with Crippen LogP contribution in [0.15, 0.2) is 48.8 Å². The number of aromatic nitrogens is 2. The molecule has 0 fully saturated rings. The van der Waals surface area contributed by atoms with Gasteiger partial charge in [0, 0.05) is 37.5 Å². The van der Waals surface area contributed by atoms with E-state index in [4.69, 9.17) is 9.47 Å². The van der Waals surface area contributed by atoms with Crippen LogP contribution in [0.5, 0.6) is 11.5 Å². The second-order valence-corrected chi connectivity index (χ2v) is 5.30. The molecule has 0 unspecified atom stereocenters. The van der Waals surface area contributed by atoms with Crippen molar-refractivity contribution in [1.29, 1.82) is 0 Å². The van der Waals surface area contributed by atoms with E-state index >= 15 is 0 Å². The molecule has 0 saturated carbocycles. The Hall–Kier alpha value is -2.24. The summed E-state index contributed by atoms with van der Waals surface area (Å²) >= 11 is 0. The zero-order valence-corrected chi connectivity index (χ0v) is 14.7. The van der Waals surface area contributed by atoms with E-state index in [2.05, 4.69) is 16.5 Å². The highest BCUT2D eigenvalue weighted by Crippen LogP contribution is 2.23. The Morgan fingerprint density at radius 3 is 2.75 bits per heavy atom. The summed E-state index contributed by atoms with van der Waals surface area (Å²) in [5, 5.41) is 3.44. The lowest BCUT2D eigenvalue weighted by Gasteiger charge is -2.11. The summed E-state index contributed by atoms with van der Waals surface area (Å²) in [7, 11) is 3.35. The Balaban J connectivity index is 0.00000208. The first-order valence-corrected chi connectivity index (χ1v) is 7.64. The minimum absolute atomic E-state index is 0. The first kappa shape index (κ1) is 18.1. The average molecular weight is 348 g/mol. The van der Waals surface area contributed by atoms with Crippen LogP contribution in [0.3, 0.4) is 0 Å². The molecule has 0 spiro atoms. The van der Waals surface area contributed by atoms with E-state index in [1.807, 2.05) is 47.0 Å². The normalized spacial score (nSPS) is 10.4. The predicted molar refractivity (Wildman–Crippen MR) is 97.4 cm³/mol. The third-order valence-electron chi connectivity index (χ3n) is 3.77. The van der Waals surface area contributed by atoms with Gasteiger partial charge in [-0.15, -0.1) is 12.4 Å². The van der Waals surface area contributed by atoms with Crippen LogP contribution >= 0.6 is 12.4 Å². The first-order chi connectivity index (χ1) is 11.3. The summed E-state index contributed by atoms with van der Waals surface area (Å²) in [4.78, 5) is 4.60. The molecule has 6 heteroatoms. The van der Waals surface area contributed by atoms with Gasteiger partial charge in [-0.05, 0) is 30.3 Å². The number of imidazole rings is 1. The third-order valence-corrected chi connectivity index (χ3v) is 3.77. The van der Waals surface area contributed by atoms with E-state index in [0.29, 0.717) is 0 Å². The summed E-state index contributed by atoms with van der Waals surface area (Å²) < 4.78 is 12.7. The second kappa shape index (κ2) is 8.57. The van der Waals surface area contributed by atoms with Gasteiger partial charge in [0.1, 0.15) is 17.1 Å². The lowest BCUT2D eigenvalue weighted by atomic mass is 10.2. The van der Waals surface area contributed by atoms with Gasteiger partial charge in [-0.2, -0.15) is 0 Å². The van der Waals surface area contributed by atoms with Crippen LogP contribution in [0.1, 0.15) is 11.3 Å². The quantitative estimate of drug-likeness (QED) is 0.667. The topological polar surface area (TPSA) is 47.8 Å².